The quantitative estimate of drug-likeness (QED) is 0.658. The molecule has 0 atom stereocenters. The number of aromatic nitrogens is 2. The zero-order valence-electron chi connectivity index (χ0n) is 15.2. The van der Waals surface area contributed by atoms with E-state index in [0.717, 1.165) is 36.5 Å². The Hall–Kier alpha value is -2.22. The van der Waals surface area contributed by atoms with Crippen LogP contribution in [0.2, 0.25) is 0 Å². The smallest absolute Gasteiger partial charge is 0.255 e. The fraction of sp³-hybridized carbons (Fsp3) is 0.300. The van der Waals surface area contributed by atoms with E-state index in [1.807, 2.05) is 23.6 Å². The second-order valence-corrected chi connectivity index (χ2v) is 7.65. The van der Waals surface area contributed by atoms with E-state index in [9.17, 15) is 9.18 Å². The molecule has 0 unspecified atom stereocenters. The van der Waals surface area contributed by atoms with Gasteiger partial charge in [0.05, 0.1) is 29.7 Å². The first kappa shape index (κ1) is 20.5. The van der Waals surface area contributed by atoms with Crippen LogP contribution < -0.4 is 10.6 Å². The fourth-order valence-electron chi connectivity index (χ4n) is 3.51. The van der Waals surface area contributed by atoms with Crippen LogP contribution in [0.1, 0.15) is 39.7 Å². The zero-order valence-corrected chi connectivity index (χ0v) is 16.9. The van der Waals surface area contributed by atoms with Crippen molar-refractivity contribution in [2.24, 2.45) is 0 Å². The second kappa shape index (κ2) is 9.32. The van der Waals surface area contributed by atoms with Crippen LogP contribution in [0, 0.1) is 5.82 Å². The highest BCUT2D eigenvalue weighted by molar-refractivity contribution is 7.09. The molecule has 5 nitrogen and oxygen atoms in total. The number of thiophene rings is 1. The van der Waals surface area contributed by atoms with Gasteiger partial charge < -0.3 is 10.6 Å². The van der Waals surface area contributed by atoms with Crippen LogP contribution in [0.15, 0.2) is 48.0 Å². The van der Waals surface area contributed by atoms with Gasteiger partial charge in [-0.15, -0.1) is 23.7 Å². The highest BCUT2D eigenvalue weighted by Gasteiger charge is 2.27. The maximum Gasteiger partial charge on any atom is 0.255 e. The SMILES string of the molecule is Cl.O=C(NCc1cccs1)c1cnn(-c2cccc(F)c2)c1C1CCNCC1. The van der Waals surface area contributed by atoms with E-state index in [-0.39, 0.29) is 30.0 Å². The summed E-state index contributed by atoms with van der Waals surface area (Å²) in [5.41, 5.74) is 2.08. The number of carbonyl (C=O) groups is 1. The average Bonchev–Trinajstić information content (AvgIpc) is 3.36. The van der Waals surface area contributed by atoms with E-state index in [1.54, 1.807) is 28.3 Å². The van der Waals surface area contributed by atoms with Crippen molar-refractivity contribution in [1.29, 1.82) is 0 Å². The van der Waals surface area contributed by atoms with Gasteiger partial charge in [0, 0.05) is 10.8 Å². The Morgan fingerprint density at radius 3 is 2.82 bits per heavy atom. The third kappa shape index (κ3) is 4.43. The van der Waals surface area contributed by atoms with E-state index in [2.05, 4.69) is 15.7 Å². The lowest BCUT2D eigenvalue weighted by Crippen LogP contribution is -2.30. The number of carbonyl (C=O) groups excluding carboxylic acids is 1. The molecule has 1 fully saturated rings. The molecule has 1 aliphatic heterocycles. The number of halogens is 2. The van der Waals surface area contributed by atoms with E-state index in [1.165, 1.54) is 12.1 Å². The Balaban J connectivity index is 0.00000225. The van der Waals surface area contributed by atoms with Crippen LogP contribution >= 0.6 is 23.7 Å². The Kier molecular flexibility index (Phi) is 6.83. The summed E-state index contributed by atoms with van der Waals surface area (Å²) < 4.78 is 15.5. The Labute approximate surface area is 173 Å². The minimum absolute atomic E-state index is 0. The van der Waals surface area contributed by atoms with Crippen LogP contribution in [0.25, 0.3) is 5.69 Å². The molecule has 0 saturated carbocycles. The van der Waals surface area contributed by atoms with Crippen molar-refractivity contribution < 1.29 is 9.18 Å². The summed E-state index contributed by atoms with van der Waals surface area (Å²) in [5.74, 6) is -0.248. The third-order valence-corrected chi connectivity index (χ3v) is 5.71. The summed E-state index contributed by atoms with van der Waals surface area (Å²) >= 11 is 1.61. The van der Waals surface area contributed by atoms with Crippen molar-refractivity contribution in [1.82, 2.24) is 20.4 Å². The Bertz CT molecular complexity index is 922. The molecular formula is C20H22ClFN4OS. The first-order valence-electron chi connectivity index (χ1n) is 9.07. The van der Waals surface area contributed by atoms with Gasteiger partial charge in [0.25, 0.3) is 5.91 Å². The maximum atomic E-state index is 13.7. The van der Waals surface area contributed by atoms with Gasteiger partial charge in [-0.3, -0.25) is 4.79 Å². The third-order valence-electron chi connectivity index (χ3n) is 4.83. The molecule has 1 aromatic carbocycles. The van der Waals surface area contributed by atoms with Crippen LogP contribution in [0.4, 0.5) is 4.39 Å². The lowest BCUT2D eigenvalue weighted by Gasteiger charge is -2.24. The molecule has 0 bridgehead atoms. The maximum absolute atomic E-state index is 13.7. The fourth-order valence-corrected chi connectivity index (χ4v) is 4.16. The molecule has 0 radical (unpaired) electrons. The van der Waals surface area contributed by atoms with E-state index >= 15 is 0 Å². The highest BCUT2D eigenvalue weighted by atomic mass is 35.5. The largest absolute Gasteiger partial charge is 0.347 e. The topological polar surface area (TPSA) is 59.0 Å². The predicted octanol–water partition coefficient (Wildman–Crippen LogP) is 3.89. The molecule has 4 rings (SSSR count). The summed E-state index contributed by atoms with van der Waals surface area (Å²) in [7, 11) is 0. The molecular weight excluding hydrogens is 399 g/mol. The lowest BCUT2D eigenvalue weighted by atomic mass is 9.91. The van der Waals surface area contributed by atoms with Gasteiger partial charge >= 0.3 is 0 Å². The van der Waals surface area contributed by atoms with E-state index in [0.29, 0.717) is 17.8 Å². The number of amides is 1. The summed E-state index contributed by atoms with van der Waals surface area (Å²) in [5, 5.41) is 12.8. The van der Waals surface area contributed by atoms with Crippen molar-refractivity contribution in [2.45, 2.75) is 25.3 Å². The number of benzene rings is 1. The number of nitrogens with one attached hydrogen (secondary N) is 2. The van der Waals surface area contributed by atoms with Gasteiger partial charge in [-0.1, -0.05) is 12.1 Å². The van der Waals surface area contributed by atoms with Crippen molar-refractivity contribution in [3.8, 4) is 5.69 Å². The lowest BCUT2D eigenvalue weighted by molar-refractivity contribution is 0.0949. The van der Waals surface area contributed by atoms with Crippen molar-refractivity contribution in [2.75, 3.05) is 13.1 Å². The minimum atomic E-state index is -0.317. The molecule has 0 aliphatic carbocycles. The molecule has 8 heteroatoms. The predicted molar refractivity (Wildman–Crippen MR) is 111 cm³/mol. The van der Waals surface area contributed by atoms with Crippen LogP contribution in [-0.2, 0) is 6.54 Å². The highest BCUT2D eigenvalue weighted by Crippen LogP contribution is 2.30. The number of nitrogens with zero attached hydrogens (tertiary/aromatic N) is 2. The molecule has 2 N–H and O–H groups in total. The van der Waals surface area contributed by atoms with Crippen LogP contribution in [0.3, 0.4) is 0 Å². The molecule has 1 amide bonds. The van der Waals surface area contributed by atoms with Gasteiger partial charge in [0.15, 0.2) is 0 Å². The van der Waals surface area contributed by atoms with Gasteiger partial charge in [-0.05, 0) is 55.6 Å². The number of hydrogen-bond donors (Lipinski definition) is 2. The van der Waals surface area contributed by atoms with E-state index < -0.39 is 0 Å². The Morgan fingerprint density at radius 2 is 2.11 bits per heavy atom. The van der Waals surface area contributed by atoms with Gasteiger partial charge in [-0.25, -0.2) is 9.07 Å². The number of piperidine rings is 1. The zero-order chi connectivity index (χ0) is 18.6. The van der Waals surface area contributed by atoms with Gasteiger partial charge in [0.1, 0.15) is 5.82 Å². The molecule has 1 aliphatic rings. The van der Waals surface area contributed by atoms with Crippen molar-refractivity contribution >= 4 is 29.7 Å². The van der Waals surface area contributed by atoms with Crippen LogP contribution in [-0.4, -0.2) is 28.8 Å². The van der Waals surface area contributed by atoms with E-state index in [4.69, 9.17) is 0 Å². The summed E-state index contributed by atoms with van der Waals surface area (Å²) in [6.07, 6.45) is 3.45. The van der Waals surface area contributed by atoms with Gasteiger partial charge in [0.2, 0.25) is 0 Å². The summed E-state index contributed by atoms with van der Waals surface area (Å²) in [6.45, 7) is 2.29. The molecule has 1 saturated heterocycles. The molecule has 148 valence electrons. The normalized spacial score (nSPS) is 14.5. The number of hydrogen-bond acceptors (Lipinski definition) is 4. The number of rotatable bonds is 5. The monoisotopic (exact) mass is 420 g/mol. The first-order chi connectivity index (χ1) is 13.2. The molecule has 2 aromatic heterocycles. The first-order valence-corrected chi connectivity index (χ1v) is 9.95. The second-order valence-electron chi connectivity index (χ2n) is 6.62. The minimum Gasteiger partial charge on any atom is -0.347 e. The Morgan fingerprint density at radius 1 is 1.29 bits per heavy atom. The molecule has 0 spiro atoms. The molecule has 3 heterocycles. The molecule has 28 heavy (non-hydrogen) atoms. The van der Waals surface area contributed by atoms with Crippen molar-refractivity contribution in [3.63, 3.8) is 0 Å². The van der Waals surface area contributed by atoms with Crippen molar-refractivity contribution in [3.05, 3.63) is 69.9 Å². The molecule has 3 aromatic rings. The summed E-state index contributed by atoms with van der Waals surface area (Å²) in [6, 6.07) is 10.3. The van der Waals surface area contributed by atoms with Crippen LogP contribution in [0.5, 0.6) is 0 Å². The van der Waals surface area contributed by atoms with Gasteiger partial charge in [-0.2, -0.15) is 5.10 Å². The standard InChI is InChI=1S/C20H21FN4OS.ClH/c21-15-3-1-4-16(11-15)25-19(14-6-8-22-9-7-14)18(13-24-25)20(26)23-12-17-5-2-10-27-17;/h1-5,10-11,13-14,22H,6-9,12H2,(H,23,26);1H. The summed E-state index contributed by atoms with van der Waals surface area (Å²) in [4.78, 5) is 14.0. The average molecular weight is 421 g/mol.